The summed E-state index contributed by atoms with van der Waals surface area (Å²) in [6, 6.07) is 4.49. The molecule has 0 atom stereocenters. The maximum absolute atomic E-state index is 4.83. The van der Waals surface area contributed by atoms with Crippen molar-refractivity contribution in [1.29, 1.82) is 0 Å². The van der Waals surface area contributed by atoms with Crippen LogP contribution in [0.2, 0.25) is 0 Å². The van der Waals surface area contributed by atoms with Gasteiger partial charge in [-0.05, 0) is 31.9 Å². The van der Waals surface area contributed by atoms with E-state index in [1.807, 2.05) is 0 Å². The second kappa shape index (κ2) is 4.48. The van der Waals surface area contributed by atoms with Crippen molar-refractivity contribution in [2.24, 2.45) is 0 Å². The highest BCUT2D eigenvalue weighted by atomic mass is 32.1. The maximum Gasteiger partial charge on any atom is 0.124 e. The largest absolute Gasteiger partial charge is 0.315 e. The van der Waals surface area contributed by atoms with E-state index in [0.29, 0.717) is 5.92 Å². The zero-order valence-electron chi connectivity index (χ0n) is 11.1. The van der Waals surface area contributed by atoms with Crippen LogP contribution in [-0.4, -0.2) is 18.1 Å². The highest BCUT2D eigenvalue weighted by Crippen LogP contribution is 2.33. The molecule has 1 aliphatic heterocycles. The Labute approximate surface area is 112 Å². The van der Waals surface area contributed by atoms with Crippen LogP contribution in [0.15, 0.2) is 17.5 Å². The lowest BCUT2D eigenvalue weighted by Crippen LogP contribution is -2.40. The van der Waals surface area contributed by atoms with Crippen LogP contribution in [0.3, 0.4) is 0 Å². The summed E-state index contributed by atoms with van der Waals surface area (Å²) in [5.41, 5.74) is 6.58. The summed E-state index contributed by atoms with van der Waals surface area (Å²) in [7, 11) is 0. The van der Waals surface area contributed by atoms with Crippen molar-refractivity contribution in [3.8, 4) is 10.6 Å². The van der Waals surface area contributed by atoms with Crippen molar-refractivity contribution >= 4 is 11.3 Å². The van der Waals surface area contributed by atoms with Crippen LogP contribution in [0, 0.1) is 20.8 Å². The predicted octanol–water partition coefficient (Wildman–Crippen LogP) is 3.42. The first-order valence-corrected chi connectivity index (χ1v) is 7.27. The topological polar surface area (TPSA) is 24.9 Å². The normalized spacial score (nSPS) is 15.7. The fraction of sp³-hybridized carbons (Fsp3) is 0.400. The molecule has 2 nitrogen and oxygen atoms in total. The van der Waals surface area contributed by atoms with E-state index in [2.05, 4.69) is 43.6 Å². The zero-order valence-corrected chi connectivity index (χ0v) is 11.9. The molecule has 1 aliphatic rings. The minimum atomic E-state index is 0.626. The van der Waals surface area contributed by atoms with Crippen molar-refractivity contribution in [2.45, 2.75) is 26.7 Å². The molecule has 3 rings (SSSR count). The van der Waals surface area contributed by atoms with Gasteiger partial charge in [-0.15, -0.1) is 11.3 Å². The van der Waals surface area contributed by atoms with E-state index in [-0.39, 0.29) is 0 Å². The number of hydrogen-bond donors (Lipinski definition) is 1. The van der Waals surface area contributed by atoms with Gasteiger partial charge in [0.25, 0.3) is 0 Å². The molecule has 1 aromatic heterocycles. The van der Waals surface area contributed by atoms with Gasteiger partial charge < -0.3 is 5.32 Å². The first-order chi connectivity index (χ1) is 8.65. The molecule has 3 heteroatoms. The van der Waals surface area contributed by atoms with Gasteiger partial charge in [-0.25, -0.2) is 4.98 Å². The third-order valence-electron chi connectivity index (χ3n) is 3.61. The lowest BCUT2D eigenvalue weighted by molar-refractivity contribution is 0.441. The van der Waals surface area contributed by atoms with Gasteiger partial charge in [0.15, 0.2) is 0 Å². The van der Waals surface area contributed by atoms with E-state index in [1.165, 1.54) is 33.0 Å². The van der Waals surface area contributed by atoms with E-state index < -0.39 is 0 Å². The predicted molar refractivity (Wildman–Crippen MR) is 77.4 cm³/mol. The van der Waals surface area contributed by atoms with Crippen LogP contribution < -0.4 is 5.32 Å². The first kappa shape index (κ1) is 11.9. The summed E-state index contributed by atoms with van der Waals surface area (Å²) >= 11 is 1.78. The molecular weight excluding hydrogens is 240 g/mol. The molecule has 1 fully saturated rings. The van der Waals surface area contributed by atoms with Crippen LogP contribution in [-0.2, 0) is 0 Å². The third kappa shape index (κ3) is 1.98. The smallest absolute Gasteiger partial charge is 0.124 e. The molecule has 0 aliphatic carbocycles. The monoisotopic (exact) mass is 258 g/mol. The number of nitrogens with zero attached hydrogens (tertiary/aromatic N) is 1. The van der Waals surface area contributed by atoms with Gasteiger partial charge in [0.1, 0.15) is 5.01 Å². The van der Waals surface area contributed by atoms with E-state index in [4.69, 9.17) is 4.98 Å². The van der Waals surface area contributed by atoms with Gasteiger partial charge in [0.05, 0.1) is 5.69 Å². The minimum absolute atomic E-state index is 0.626. The number of thiazole rings is 1. The lowest BCUT2D eigenvalue weighted by Gasteiger charge is -2.25. The Morgan fingerprint density at radius 1 is 1.17 bits per heavy atom. The molecule has 2 aromatic rings. The third-order valence-corrected chi connectivity index (χ3v) is 4.49. The lowest BCUT2D eigenvalue weighted by atomic mass is 9.99. The molecule has 2 heterocycles. The van der Waals surface area contributed by atoms with Gasteiger partial charge in [-0.2, -0.15) is 0 Å². The molecule has 1 N–H and O–H groups in total. The average Bonchev–Trinajstić information content (AvgIpc) is 2.62. The van der Waals surface area contributed by atoms with Crippen LogP contribution in [0.4, 0.5) is 0 Å². The van der Waals surface area contributed by atoms with Crippen LogP contribution in [0.5, 0.6) is 0 Å². The second-order valence-electron chi connectivity index (χ2n) is 5.21. The van der Waals surface area contributed by atoms with Crippen molar-refractivity contribution in [1.82, 2.24) is 10.3 Å². The van der Waals surface area contributed by atoms with Crippen LogP contribution in [0.25, 0.3) is 10.6 Å². The molecular formula is C15H18N2S. The van der Waals surface area contributed by atoms with Gasteiger partial charge in [0, 0.05) is 30.0 Å². The highest BCUT2D eigenvalue weighted by Gasteiger charge is 2.22. The summed E-state index contributed by atoms with van der Waals surface area (Å²) < 4.78 is 0. The summed E-state index contributed by atoms with van der Waals surface area (Å²) in [5, 5.41) is 6.70. The zero-order chi connectivity index (χ0) is 12.7. The van der Waals surface area contributed by atoms with Gasteiger partial charge in [0.2, 0.25) is 0 Å². The second-order valence-corrected chi connectivity index (χ2v) is 6.06. The number of aromatic nitrogens is 1. The number of benzene rings is 1. The van der Waals surface area contributed by atoms with E-state index >= 15 is 0 Å². The Morgan fingerprint density at radius 2 is 1.83 bits per heavy atom. The minimum Gasteiger partial charge on any atom is -0.315 e. The molecule has 0 amide bonds. The van der Waals surface area contributed by atoms with Gasteiger partial charge in [-0.3, -0.25) is 0 Å². The van der Waals surface area contributed by atoms with E-state index in [9.17, 15) is 0 Å². The Hall–Kier alpha value is -1.19. The van der Waals surface area contributed by atoms with Crippen molar-refractivity contribution in [2.75, 3.05) is 13.1 Å². The number of nitrogens with one attached hydrogen (secondary N) is 1. The van der Waals surface area contributed by atoms with Crippen LogP contribution in [0.1, 0.15) is 28.3 Å². The number of hydrogen-bond acceptors (Lipinski definition) is 3. The molecule has 0 radical (unpaired) electrons. The fourth-order valence-electron chi connectivity index (χ4n) is 2.60. The van der Waals surface area contributed by atoms with Crippen molar-refractivity contribution < 1.29 is 0 Å². The first-order valence-electron chi connectivity index (χ1n) is 6.39. The van der Waals surface area contributed by atoms with E-state index in [1.54, 1.807) is 11.3 Å². The highest BCUT2D eigenvalue weighted by molar-refractivity contribution is 7.13. The number of aryl methyl sites for hydroxylation is 3. The number of rotatable bonds is 2. The molecule has 0 saturated carbocycles. The molecule has 1 saturated heterocycles. The van der Waals surface area contributed by atoms with Crippen LogP contribution >= 0.6 is 11.3 Å². The summed E-state index contributed by atoms with van der Waals surface area (Å²) in [5.74, 6) is 0.626. The van der Waals surface area contributed by atoms with Gasteiger partial charge in [-0.1, -0.05) is 17.7 Å². The van der Waals surface area contributed by atoms with E-state index in [0.717, 1.165) is 13.1 Å². The molecule has 18 heavy (non-hydrogen) atoms. The molecule has 1 aromatic carbocycles. The summed E-state index contributed by atoms with van der Waals surface area (Å²) in [4.78, 5) is 4.83. The maximum atomic E-state index is 4.83. The molecule has 0 unspecified atom stereocenters. The molecule has 0 bridgehead atoms. The molecule has 0 spiro atoms. The standard InChI is InChI=1S/C15H18N2S/c1-9-4-10(2)14(11(3)5-9)15-17-13(8-18-15)12-6-16-7-12/h4-5,8,12,16H,6-7H2,1-3H3. The summed E-state index contributed by atoms with van der Waals surface area (Å²) in [6.45, 7) is 8.67. The Balaban J connectivity index is 2.01. The SMILES string of the molecule is Cc1cc(C)c(-c2nc(C3CNC3)cs2)c(C)c1. The molecule has 94 valence electrons. The fourth-order valence-corrected chi connectivity index (χ4v) is 3.68. The summed E-state index contributed by atoms with van der Waals surface area (Å²) in [6.07, 6.45) is 0. The van der Waals surface area contributed by atoms with Crippen molar-refractivity contribution in [3.05, 3.63) is 39.9 Å². The Kier molecular flexibility index (Phi) is 2.96. The van der Waals surface area contributed by atoms with Crippen molar-refractivity contribution in [3.63, 3.8) is 0 Å². The Bertz CT molecular complexity index is 559. The average molecular weight is 258 g/mol. The quantitative estimate of drug-likeness (QED) is 0.892. The van der Waals surface area contributed by atoms with Gasteiger partial charge >= 0.3 is 0 Å². The Morgan fingerprint density at radius 3 is 2.39 bits per heavy atom.